The van der Waals surface area contributed by atoms with Gasteiger partial charge in [-0.2, -0.15) is 0 Å². The predicted octanol–water partition coefficient (Wildman–Crippen LogP) is 8.01. The summed E-state index contributed by atoms with van der Waals surface area (Å²) >= 11 is 0. The van der Waals surface area contributed by atoms with Crippen molar-refractivity contribution in [1.82, 2.24) is 4.90 Å². The van der Waals surface area contributed by atoms with Crippen molar-refractivity contribution in [3.63, 3.8) is 0 Å². The molecular formula is C28H40F5NO3. The van der Waals surface area contributed by atoms with E-state index in [4.69, 9.17) is 4.74 Å². The number of halogens is 5. The summed E-state index contributed by atoms with van der Waals surface area (Å²) in [6.07, 6.45) is 17.2. The summed E-state index contributed by atoms with van der Waals surface area (Å²) in [5.74, 6) is -13.3. The number of hydrogen-bond donors (Lipinski definition) is 0. The summed E-state index contributed by atoms with van der Waals surface area (Å²) in [6, 6.07) is -1.12. The minimum Gasteiger partial charge on any atom is -0.464 e. The van der Waals surface area contributed by atoms with Gasteiger partial charge in [-0.25, -0.2) is 26.7 Å². The molecule has 0 bridgehead atoms. The number of hydrogen-bond acceptors (Lipinski definition) is 3. The Morgan fingerprint density at radius 2 is 1.14 bits per heavy atom. The van der Waals surface area contributed by atoms with E-state index >= 15 is 0 Å². The molecule has 1 saturated heterocycles. The van der Waals surface area contributed by atoms with Crippen molar-refractivity contribution < 1.29 is 36.3 Å². The fraction of sp³-hybridized carbons (Fsp3) is 0.714. The zero-order chi connectivity index (χ0) is 27.2. The molecule has 1 amide bonds. The quantitative estimate of drug-likeness (QED) is 0.0670. The average molecular weight is 534 g/mol. The molecule has 1 atom stereocenters. The molecule has 1 aliphatic rings. The van der Waals surface area contributed by atoms with Crippen molar-refractivity contribution >= 4 is 11.9 Å². The number of rotatable bonds is 17. The molecule has 37 heavy (non-hydrogen) atoms. The van der Waals surface area contributed by atoms with Gasteiger partial charge in [0.25, 0.3) is 5.91 Å². The van der Waals surface area contributed by atoms with E-state index in [9.17, 15) is 31.5 Å². The number of unbranched alkanes of at least 4 members (excludes halogenated alkanes) is 13. The zero-order valence-electron chi connectivity index (χ0n) is 21.9. The Morgan fingerprint density at radius 1 is 0.703 bits per heavy atom. The number of amides is 1. The van der Waals surface area contributed by atoms with Gasteiger partial charge in [-0.3, -0.25) is 4.79 Å². The lowest BCUT2D eigenvalue weighted by Crippen LogP contribution is -2.42. The Hall–Kier alpha value is -2.19. The maximum Gasteiger partial charge on any atom is 0.328 e. The first-order chi connectivity index (χ1) is 17.8. The Labute approximate surface area is 216 Å². The molecular weight excluding hydrogens is 493 g/mol. The second kappa shape index (κ2) is 16.6. The molecule has 1 aromatic carbocycles. The highest BCUT2D eigenvalue weighted by molar-refractivity contribution is 5.97. The van der Waals surface area contributed by atoms with Gasteiger partial charge in [0, 0.05) is 6.54 Å². The van der Waals surface area contributed by atoms with Crippen LogP contribution in [0.25, 0.3) is 0 Å². The van der Waals surface area contributed by atoms with E-state index in [2.05, 4.69) is 6.92 Å². The van der Waals surface area contributed by atoms with Crippen molar-refractivity contribution in [2.24, 2.45) is 0 Å². The Bertz CT molecular complexity index is 851. The Balaban J connectivity index is 1.64. The minimum atomic E-state index is -2.34. The van der Waals surface area contributed by atoms with Gasteiger partial charge in [0.15, 0.2) is 23.3 Å². The third-order valence-corrected chi connectivity index (χ3v) is 6.95. The average Bonchev–Trinajstić information content (AvgIpc) is 3.39. The van der Waals surface area contributed by atoms with Crippen LogP contribution in [-0.2, 0) is 9.53 Å². The lowest BCUT2D eigenvalue weighted by Gasteiger charge is -2.24. The topological polar surface area (TPSA) is 46.6 Å². The first-order valence-corrected chi connectivity index (χ1v) is 13.8. The highest BCUT2D eigenvalue weighted by Gasteiger charge is 2.39. The summed E-state index contributed by atoms with van der Waals surface area (Å²) in [5.41, 5.74) is -1.55. The SMILES string of the molecule is CCCCCCCCCCCCCCCCOC(=O)C1CCCN1C(=O)c1c(F)c(F)c(F)c(F)c1F. The lowest BCUT2D eigenvalue weighted by molar-refractivity contribution is -0.148. The van der Waals surface area contributed by atoms with Gasteiger partial charge in [-0.1, -0.05) is 90.4 Å². The largest absolute Gasteiger partial charge is 0.464 e. The number of likely N-dealkylation sites (tertiary alicyclic amines) is 1. The molecule has 1 heterocycles. The van der Waals surface area contributed by atoms with E-state index in [0.29, 0.717) is 12.8 Å². The maximum absolute atomic E-state index is 14.1. The summed E-state index contributed by atoms with van der Waals surface area (Å²) in [4.78, 5) is 25.9. The monoisotopic (exact) mass is 533 g/mol. The van der Waals surface area contributed by atoms with Crippen LogP contribution < -0.4 is 0 Å². The van der Waals surface area contributed by atoms with Gasteiger partial charge in [-0.05, 0) is 19.3 Å². The summed E-state index contributed by atoms with van der Waals surface area (Å²) in [7, 11) is 0. The van der Waals surface area contributed by atoms with Crippen molar-refractivity contribution in [2.45, 2.75) is 116 Å². The van der Waals surface area contributed by atoms with Crippen LogP contribution in [0.3, 0.4) is 0 Å². The summed E-state index contributed by atoms with van der Waals surface area (Å²) < 4.78 is 73.7. The van der Waals surface area contributed by atoms with Gasteiger partial charge in [0.05, 0.1) is 6.61 Å². The number of carbonyl (C=O) groups excluding carboxylic acids is 2. The van der Waals surface area contributed by atoms with Crippen LogP contribution in [0.2, 0.25) is 0 Å². The third-order valence-electron chi connectivity index (χ3n) is 6.95. The second-order valence-electron chi connectivity index (χ2n) is 9.87. The molecule has 210 valence electrons. The number of nitrogens with zero attached hydrogens (tertiary/aromatic N) is 1. The van der Waals surface area contributed by atoms with Gasteiger partial charge >= 0.3 is 5.97 Å². The molecule has 0 aromatic heterocycles. The van der Waals surface area contributed by atoms with Crippen LogP contribution in [-0.4, -0.2) is 36.0 Å². The van der Waals surface area contributed by atoms with E-state index in [1.165, 1.54) is 64.2 Å². The third kappa shape index (κ3) is 9.25. The van der Waals surface area contributed by atoms with E-state index in [-0.39, 0.29) is 19.6 Å². The first kappa shape index (κ1) is 31.0. The highest BCUT2D eigenvalue weighted by atomic mass is 19.2. The number of esters is 1. The van der Waals surface area contributed by atoms with E-state index in [1.54, 1.807) is 0 Å². The van der Waals surface area contributed by atoms with E-state index in [0.717, 1.165) is 24.2 Å². The van der Waals surface area contributed by atoms with Crippen LogP contribution in [0.4, 0.5) is 22.0 Å². The van der Waals surface area contributed by atoms with E-state index in [1.807, 2.05) is 0 Å². The highest BCUT2D eigenvalue weighted by Crippen LogP contribution is 2.28. The normalized spacial score (nSPS) is 15.4. The molecule has 1 unspecified atom stereocenters. The second-order valence-corrected chi connectivity index (χ2v) is 9.87. The Kier molecular flexibility index (Phi) is 13.9. The molecule has 1 aliphatic heterocycles. The van der Waals surface area contributed by atoms with Crippen molar-refractivity contribution in [1.29, 1.82) is 0 Å². The number of carbonyl (C=O) groups is 2. The molecule has 0 radical (unpaired) electrons. The molecule has 0 spiro atoms. The van der Waals surface area contributed by atoms with Crippen LogP contribution in [0, 0.1) is 29.1 Å². The number of ether oxygens (including phenoxy) is 1. The van der Waals surface area contributed by atoms with Crippen LogP contribution in [0.5, 0.6) is 0 Å². The molecule has 2 rings (SSSR count). The standard InChI is InChI=1S/C28H40F5NO3/c1-2-3-4-5-6-7-8-9-10-11-12-13-14-15-19-37-28(36)20-17-16-18-34(20)27(35)21-22(29)24(31)26(33)25(32)23(21)30/h20H,2-19H2,1H3. The lowest BCUT2D eigenvalue weighted by atomic mass is 10.0. The fourth-order valence-corrected chi connectivity index (χ4v) is 4.76. The molecule has 1 fully saturated rings. The molecule has 9 heteroatoms. The van der Waals surface area contributed by atoms with Crippen LogP contribution in [0.15, 0.2) is 0 Å². The van der Waals surface area contributed by atoms with Crippen molar-refractivity contribution in [3.8, 4) is 0 Å². The van der Waals surface area contributed by atoms with Gasteiger partial charge in [0.1, 0.15) is 11.6 Å². The summed E-state index contributed by atoms with van der Waals surface area (Å²) in [5, 5.41) is 0. The van der Waals surface area contributed by atoms with Gasteiger partial charge in [0.2, 0.25) is 5.82 Å². The molecule has 4 nitrogen and oxygen atoms in total. The number of benzene rings is 1. The van der Waals surface area contributed by atoms with Crippen LogP contribution >= 0.6 is 0 Å². The van der Waals surface area contributed by atoms with E-state index < -0.39 is 52.6 Å². The molecule has 0 saturated carbocycles. The smallest absolute Gasteiger partial charge is 0.328 e. The van der Waals surface area contributed by atoms with Gasteiger partial charge < -0.3 is 9.64 Å². The molecule has 0 aliphatic carbocycles. The fourth-order valence-electron chi connectivity index (χ4n) is 4.76. The maximum atomic E-state index is 14.1. The van der Waals surface area contributed by atoms with Gasteiger partial charge in [-0.15, -0.1) is 0 Å². The van der Waals surface area contributed by atoms with Crippen LogP contribution in [0.1, 0.15) is 120 Å². The minimum absolute atomic E-state index is 0.0447. The van der Waals surface area contributed by atoms with Crippen molar-refractivity contribution in [3.05, 3.63) is 34.6 Å². The summed E-state index contributed by atoms with van der Waals surface area (Å²) in [6.45, 7) is 2.33. The first-order valence-electron chi connectivity index (χ1n) is 13.8. The molecule has 0 N–H and O–H groups in total. The zero-order valence-corrected chi connectivity index (χ0v) is 21.9. The predicted molar refractivity (Wildman–Crippen MR) is 132 cm³/mol. The molecule has 1 aromatic rings. The van der Waals surface area contributed by atoms with Crippen molar-refractivity contribution in [2.75, 3.05) is 13.2 Å². The Morgan fingerprint density at radius 3 is 1.62 bits per heavy atom.